The Labute approximate surface area is 138 Å². The Bertz CT molecular complexity index is 896. The van der Waals surface area contributed by atoms with E-state index in [1.807, 2.05) is 0 Å². The van der Waals surface area contributed by atoms with Gasteiger partial charge in [0.05, 0.1) is 18.1 Å². The summed E-state index contributed by atoms with van der Waals surface area (Å²) in [5, 5.41) is 17.1. The lowest BCUT2D eigenvalue weighted by Gasteiger charge is -2.01. The third-order valence-corrected chi connectivity index (χ3v) is 3.50. The molecule has 0 fully saturated rings. The number of alkyl halides is 2. The molecule has 6 nitrogen and oxygen atoms in total. The molecule has 0 aliphatic rings. The van der Waals surface area contributed by atoms with Gasteiger partial charge in [0.25, 0.3) is 6.43 Å². The van der Waals surface area contributed by atoms with Gasteiger partial charge in [-0.3, -0.25) is 5.10 Å². The van der Waals surface area contributed by atoms with Crippen LogP contribution in [0.15, 0.2) is 35.6 Å². The van der Waals surface area contributed by atoms with Crippen LogP contribution in [0.5, 0.6) is 0 Å². The third-order valence-electron chi connectivity index (χ3n) is 2.98. The van der Waals surface area contributed by atoms with Crippen molar-refractivity contribution in [2.24, 2.45) is 5.10 Å². The van der Waals surface area contributed by atoms with E-state index in [1.165, 1.54) is 12.4 Å². The number of H-pyrrole nitrogens is 2. The molecule has 3 rings (SSSR count). The number of aromatic nitrogens is 5. The van der Waals surface area contributed by atoms with Crippen LogP contribution in [0, 0.1) is 4.77 Å². The van der Waals surface area contributed by atoms with Crippen LogP contribution in [0.25, 0.3) is 11.3 Å². The number of halogens is 3. The maximum absolute atomic E-state index is 12.8. The predicted molar refractivity (Wildman–Crippen MR) is 84.4 cm³/mol. The van der Waals surface area contributed by atoms with Gasteiger partial charge in [-0.05, 0) is 24.4 Å². The number of hydrogen-bond donors (Lipinski definition) is 2. The first-order valence-corrected chi connectivity index (χ1v) is 7.14. The van der Waals surface area contributed by atoms with Crippen molar-refractivity contribution >= 4 is 30.0 Å². The molecular formula is C13H9ClF2N6S. The van der Waals surface area contributed by atoms with Crippen LogP contribution < -0.4 is 0 Å². The highest BCUT2D eigenvalue weighted by Gasteiger charge is 2.16. The Hall–Kier alpha value is -2.39. The fourth-order valence-corrected chi connectivity index (χ4v) is 2.23. The van der Waals surface area contributed by atoms with Crippen LogP contribution in [-0.4, -0.2) is 31.3 Å². The van der Waals surface area contributed by atoms with Crippen LogP contribution in [0.4, 0.5) is 8.78 Å². The zero-order valence-corrected chi connectivity index (χ0v) is 12.9. The molecular weight excluding hydrogens is 346 g/mol. The van der Waals surface area contributed by atoms with Gasteiger partial charge in [-0.15, -0.1) is 0 Å². The summed E-state index contributed by atoms with van der Waals surface area (Å²) in [6.07, 6.45) is 0.115. The van der Waals surface area contributed by atoms with E-state index in [4.69, 9.17) is 23.8 Å². The Kier molecular flexibility index (Phi) is 4.30. The van der Waals surface area contributed by atoms with Gasteiger partial charge >= 0.3 is 0 Å². The molecule has 0 saturated heterocycles. The van der Waals surface area contributed by atoms with Crippen LogP contribution >= 0.6 is 23.8 Å². The number of benzene rings is 1. The molecule has 2 N–H and O–H groups in total. The molecule has 0 bridgehead atoms. The third kappa shape index (κ3) is 3.20. The van der Waals surface area contributed by atoms with Crippen LogP contribution in [-0.2, 0) is 0 Å². The van der Waals surface area contributed by atoms with Gasteiger partial charge in [-0.2, -0.15) is 20.0 Å². The van der Waals surface area contributed by atoms with E-state index in [-0.39, 0.29) is 4.77 Å². The van der Waals surface area contributed by atoms with Crippen LogP contribution in [0.1, 0.15) is 17.8 Å². The van der Waals surface area contributed by atoms with Gasteiger partial charge in [0, 0.05) is 16.1 Å². The molecule has 118 valence electrons. The Morgan fingerprint density at radius 3 is 2.70 bits per heavy atom. The van der Waals surface area contributed by atoms with Gasteiger partial charge in [0.1, 0.15) is 0 Å². The molecule has 2 heterocycles. The van der Waals surface area contributed by atoms with Crippen LogP contribution in [0.3, 0.4) is 0 Å². The summed E-state index contributed by atoms with van der Waals surface area (Å²) in [5.74, 6) is -0.553. The topological polar surface area (TPSA) is 74.7 Å². The smallest absolute Gasteiger partial charge is 0.277 e. The largest absolute Gasteiger partial charge is 0.299 e. The van der Waals surface area contributed by atoms with Gasteiger partial charge in [0.15, 0.2) is 0 Å². The van der Waals surface area contributed by atoms with E-state index in [1.54, 1.807) is 24.3 Å². The average molecular weight is 355 g/mol. The summed E-state index contributed by atoms with van der Waals surface area (Å²) in [7, 11) is 0. The minimum absolute atomic E-state index is 0.0203. The molecule has 1 aromatic carbocycles. The summed E-state index contributed by atoms with van der Waals surface area (Å²) in [6, 6.07) is 7.09. The molecule has 0 amide bonds. The monoisotopic (exact) mass is 354 g/mol. The zero-order chi connectivity index (χ0) is 16.4. The molecule has 23 heavy (non-hydrogen) atoms. The lowest BCUT2D eigenvalue weighted by molar-refractivity contribution is 0.136. The minimum atomic E-state index is -2.79. The fourth-order valence-electron chi connectivity index (χ4n) is 1.92. The summed E-state index contributed by atoms with van der Waals surface area (Å²) in [6.45, 7) is 0. The van der Waals surface area contributed by atoms with Crippen molar-refractivity contribution in [3.05, 3.63) is 51.6 Å². The summed E-state index contributed by atoms with van der Waals surface area (Å²) >= 11 is 10.7. The van der Waals surface area contributed by atoms with E-state index in [0.29, 0.717) is 16.3 Å². The summed E-state index contributed by atoms with van der Waals surface area (Å²) < 4.78 is 26.5. The first-order chi connectivity index (χ1) is 11.1. The van der Waals surface area contributed by atoms with E-state index in [9.17, 15) is 8.78 Å². The van der Waals surface area contributed by atoms with Crippen molar-refractivity contribution in [3.63, 3.8) is 0 Å². The number of nitrogens with zero attached hydrogens (tertiary/aromatic N) is 4. The zero-order valence-electron chi connectivity index (χ0n) is 11.4. The van der Waals surface area contributed by atoms with Gasteiger partial charge in [0.2, 0.25) is 10.6 Å². The molecule has 10 heteroatoms. The molecule has 3 aromatic rings. The molecule has 2 aromatic heterocycles. The summed E-state index contributed by atoms with van der Waals surface area (Å²) in [4.78, 5) is 0. The Morgan fingerprint density at radius 2 is 2.00 bits per heavy atom. The van der Waals surface area contributed by atoms with Crippen molar-refractivity contribution in [2.75, 3.05) is 0 Å². The lowest BCUT2D eigenvalue weighted by atomic mass is 10.1. The Morgan fingerprint density at radius 1 is 1.26 bits per heavy atom. The molecule has 0 unspecified atom stereocenters. The maximum Gasteiger partial charge on any atom is 0.299 e. The molecule has 0 radical (unpaired) electrons. The molecule has 0 spiro atoms. The molecule has 0 aliphatic carbocycles. The highest BCUT2D eigenvalue weighted by molar-refractivity contribution is 7.71. The number of aromatic amines is 2. The van der Waals surface area contributed by atoms with Gasteiger partial charge in [-0.1, -0.05) is 23.7 Å². The van der Waals surface area contributed by atoms with Crippen LogP contribution in [0.2, 0.25) is 5.02 Å². The van der Waals surface area contributed by atoms with E-state index in [2.05, 4.69) is 25.5 Å². The van der Waals surface area contributed by atoms with Crippen molar-refractivity contribution in [1.82, 2.24) is 25.1 Å². The highest BCUT2D eigenvalue weighted by Crippen LogP contribution is 2.22. The number of hydrogen-bond acceptors (Lipinski definition) is 4. The maximum atomic E-state index is 12.8. The second kappa shape index (κ2) is 6.39. The van der Waals surface area contributed by atoms with Crippen molar-refractivity contribution in [2.45, 2.75) is 6.43 Å². The first-order valence-electron chi connectivity index (χ1n) is 6.35. The first kappa shape index (κ1) is 15.5. The van der Waals surface area contributed by atoms with Crippen molar-refractivity contribution in [3.8, 4) is 11.3 Å². The Balaban J connectivity index is 1.96. The van der Waals surface area contributed by atoms with E-state index < -0.39 is 12.2 Å². The number of rotatable bonds is 4. The lowest BCUT2D eigenvalue weighted by Crippen LogP contribution is -1.99. The summed E-state index contributed by atoms with van der Waals surface area (Å²) in [5.41, 5.74) is 2.12. The molecule has 0 aliphatic heterocycles. The van der Waals surface area contributed by atoms with Gasteiger partial charge < -0.3 is 0 Å². The van der Waals surface area contributed by atoms with Crippen molar-refractivity contribution in [1.29, 1.82) is 0 Å². The predicted octanol–water partition coefficient (Wildman–Crippen LogP) is 3.80. The second-order valence-electron chi connectivity index (χ2n) is 4.45. The minimum Gasteiger partial charge on any atom is -0.277 e. The quantitative estimate of drug-likeness (QED) is 0.552. The second-order valence-corrected chi connectivity index (χ2v) is 5.27. The van der Waals surface area contributed by atoms with Crippen molar-refractivity contribution < 1.29 is 8.78 Å². The molecule has 0 atom stereocenters. The standard InChI is InChI=1S/C13H9ClF2N6S/c14-9-3-1-7(2-4-9)10-8(5-17-19-10)6-18-22-12(11(15)16)20-21-13(22)23/h1-6,11H,(H,17,19)(H,21,23). The van der Waals surface area contributed by atoms with E-state index in [0.717, 1.165) is 10.2 Å². The molecule has 0 saturated carbocycles. The highest BCUT2D eigenvalue weighted by atomic mass is 35.5. The fraction of sp³-hybridized carbons (Fsp3) is 0.0769. The SMILES string of the molecule is FC(F)c1n[nH]c(=S)n1N=Cc1cn[nH]c1-c1ccc(Cl)cc1. The van der Waals surface area contributed by atoms with Gasteiger partial charge in [-0.25, -0.2) is 13.9 Å². The normalized spacial score (nSPS) is 11.7. The average Bonchev–Trinajstić information content (AvgIpc) is 3.12. The number of nitrogens with one attached hydrogen (secondary N) is 2. The van der Waals surface area contributed by atoms with E-state index >= 15 is 0 Å².